The first-order valence-electron chi connectivity index (χ1n) is 6.43. The van der Waals surface area contributed by atoms with Gasteiger partial charge in [-0.15, -0.1) is 0 Å². The Morgan fingerprint density at radius 1 is 1.41 bits per heavy atom. The van der Waals surface area contributed by atoms with Gasteiger partial charge in [-0.3, -0.25) is 0 Å². The zero-order valence-electron chi connectivity index (χ0n) is 11.3. The molecular formula is C13H23N3O. The Labute approximate surface area is 103 Å². The molecule has 1 fully saturated rings. The summed E-state index contributed by atoms with van der Waals surface area (Å²) in [6, 6.07) is 0. The van der Waals surface area contributed by atoms with Crippen LogP contribution >= 0.6 is 0 Å². The van der Waals surface area contributed by atoms with Crippen LogP contribution in [0.1, 0.15) is 36.9 Å². The molecule has 1 aromatic heterocycles. The van der Waals surface area contributed by atoms with Crippen molar-refractivity contribution in [2.75, 3.05) is 20.2 Å². The number of ether oxygens (including phenoxy) is 1. The molecule has 1 aliphatic heterocycles. The first-order chi connectivity index (χ1) is 8.15. The molecule has 0 bridgehead atoms. The quantitative estimate of drug-likeness (QED) is 0.872. The van der Waals surface area contributed by atoms with Gasteiger partial charge in [0, 0.05) is 12.6 Å². The highest BCUT2D eigenvalue weighted by molar-refractivity contribution is 5.34. The van der Waals surface area contributed by atoms with E-state index in [1.54, 1.807) is 7.11 Å². The summed E-state index contributed by atoms with van der Waals surface area (Å²) < 4.78 is 7.34. The summed E-state index contributed by atoms with van der Waals surface area (Å²) in [7, 11) is 3.68. The number of hydrogen-bond acceptors (Lipinski definition) is 3. The van der Waals surface area contributed by atoms with Gasteiger partial charge < -0.3 is 10.1 Å². The summed E-state index contributed by atoms with van der Waals surface area (Å²) in [5.41, 5.74) is 2.40. The molecule has 0 amide bonds. The normalized spacial score (nSPS) is 19.3. The van der Waals surface area contributed by atoms with E-state index in [2.05, 4.69) is 24.3 Å². The van der Waals surface area contributed by atoms with Gasteiger partial charge in [-0.2, -0.15) is 5.10 Å². The third-order valence-corrected chi connectivity index (χ3v) is 3.95. The van der Waals surface area contributed by atoms with Crippen LogP contribution in [-0.4, -0.2) is 30.0 Å². The van der Waals surface area contributed by atoms with Gasteiger partial charge in [0.1, 0.15) is 0 Å². The largest absolute Gasteiger partial charge is 0.481 e. The van der Waals surface area contributed by atoms with Gasteiger partial charge in [0.25, 0.3) is 0 Å². The minimum Gasteiger partial charge on any atom is -0.481 e. The Morgan fingerprint density at radius 2 is 2.06 bits per heavy atom. The van der Waals surface area contributed by atoms with E-state index in [0.717, 1.165) is 30.6 Å². The van der Waals surface area contributed by atoms with Crippen molar-refractivity contribution in [3.8, 4) is 5.88 Å². The fraction of sp³-hybridized carbons (Fsp3) is 0.769. The van der Waals surface area contributed by atoms with Gasteiger partial charge >= 0.3 is 0 Å². The van der Waals surface area contributed by atoms with Gasteiger partial charge in [0.2, 0.25) is 5.88 Å². The SMILES string of the molecule is COc1c(C(C)C2CCNCC2)c(C)nn1C. The van der Waals surface area contributed by atoms with E-state index in [9.17, 15) is 0 Å². The van der Waals surface area contributed by atoms with Crippen molar-refractivity contribution in [3.63, 3.8) is 0 Å². The summed E-state index contributed by atoms with van der Waals surface area (Å²) in [5.74, 6) is 2.20. The van der Waals surface area contributed by atoms with E-state index >= 15 is 0 Å². The second-order valence-electron chi connectivity index (χ2n) is 5.01. The highest BCUT2D eigenvalue weighted by Gasteiger charge is 2.27. The predicted molar refractivity (Wildman–Crippen MR) is 68.5 cm³/mol. The van der Waals surface area contributed by atoms with Crippen molar-refractivity contribution in [2.45, 2.75) is 32.6 Å². The number of piperidine rings is 1. The minimum atomic E-state index is 0.528. The van der Waals surface area contributed by atoms with Crippen molar-refractivity contribution in [3.05, 3.63) is 11.3 Å². The Morgan fingerprint density at radius 3 is 2.65 bits per heavy atom. The van der Waals surface area contributed by atoms with Gasteiger partial charge in [-0.1, -0.05) is 6.92 Å². The van der Waals surface area contributed by atoms with Crippen LogP contribution in [0.3, 0.4) is 0 Å². The monoisotopic (exact) mass is 237 g/mol. The number of aromatic nitrogens is 2. The summed E-state index contributed by atoms with van der Waals surface area (Å²) in [4.78, 5) is 0. The van der Waals surface area contributed by atoms with E-state index in [1.165, 1.54) is 18.4 Å². The molecule has 4 nitrogen and oxygen atoms in total. The molecule has 0 radical (unpaired) electrons. The second kappa shape index (κ2) is 5.08. The molecule has 17 heavy (non-hydrogen) atoms. The van der Waals surface area contributed by atoms with Crippen molar-refractivity contribution in [1.29, 1.82) is 0 Å². The molecule has 1 aromatic rings. The summed E-state index contributed by atoms with van der Waals surface area (Å²) >= 11 is 0. The zero-order valence-corrected chi connectivity index (χ0v) is 11.3. The number of hydrogen-bond donors (Lipinski definition) is 1. The molecule has 96 valence electrons. The highest BCUT2D eigenvalue weighted by atomic mass is 16.5. The van der Waals surface area contributed by atoms with Crippen LogP contribution in [0.25, 0.3) is 0 Å². The number of nitrogens with zero attached hydrogens (tertiary/aromatic N) is 2. The number of rotatable bonds is 3. The molecule has 0 aliphatic carbocycles. The first kappa shape index (κ1) is 12.4. The van der Waals surface area contributed by atoms with E-state index in [0.29, 0.717) is 5.92 Å². The second-order valence-corrected chi connectivity index (χ2v) is 5.01. The molecule has 1 atom stereocenters. The minimum absolute atomic E-state index is 0.528. The van der Waals surface area contributed by atoms with Crippen molar-refractivity contribution in [1.82, 2.24) is 15.1 Å². The Balaban J connectivity index is 2.25. The third-order valence-electron chi connectivity index (χ3n) is 3.95. The average Bonchev–Trinajstić information content (AvgIpc) is 2.63. The lowest BCUT2D eigenvalue weighted by Crippen LogP contribution is -2.30. The highest BCUT2D eigenvalue weighted by Crippen LogP contribution is 2.37. The fourth-order valence-corrected chi connectivity index (χ4v) is 3.00. The molecule has 0 spiro atoms. The predicted octanol–water partition coefficient (Wildman–Crippen LogP) is 1.84. The van der Waals surface area contributed by atoms with Crippen LogP contribution in [0.2, 0.25) is 0 Å². The summed E-state index contributed by atoms with van der Waals surface area (Å²) in [5, 5.41) is 7.89. The lowest BCUT2D eigenvalue weighted by atomic mass is 9.81. The smallest absolute Gasteiger partial charge is 0.215 e. The van der Waals surface area contributed by atoms with E-state index in [-0.39, 0.29) is 0 Å². The Hall–Kier alpha value is -1.03. The molecule has 0 aromatic carbocycles. The lowest BCUT2D eigenvalue weighted by Gasteiger charge is -2.28. The molecule has 1 N–H and O–H groups in total. The molecule has 1 aliphatic rings. The summed E-state index contributed by atoms with van der Waals surface area (Å²) in [6.07, 6.45) is 2.50. The van der Waals surface area contributed by atoms with Gasteiger partial charge in [-0.05, 0) is 44.7 Å². The zero-order chi connectivity index (χ0) is 12.4. The van der Waals surface area contributed by atoms with Gasteiger partial charge in [0.15, 0.2) is 0 Å². The summed E-state index contributed by atoms with van der Waals surface area (Å²) in [6.45, 7) is 6.66. The standard InChI is InChI=1S/C13H23N3O/c1-9(11-5-7-14-8-6-11)12-10(2)15-16(3)13(12)17-4/h9,11,14H,5-8H2,1-4H3. The Kier molecular flexibility index (Phi) is 3.72. The van der Waals surface area contributed by atoms with E-state index in [1.807, 2.05) is 11.7 Å². The molecule has 2 rings (SSSR count). The van der Waals surface area contributed by atoms with E-state index < -0.39 is 0 Å². The van der Waals surface area contributed by atoms with Crippen molar-refractivity contribution in [2.24, 2.45) is 13.0 Å². The van der Waals surface area contributed by atoms with Crippen LogP contribution in [0.5, 0.6) is 5.88 Å². The fourth-order valence-electron chi connectivity index (χ4n) is 3.00. The molecule has 2 heterocycles. The molecular weight excluding hydrogens is 214 g/mol. The van der Waals surface area contributed by atoms with Crippen LogP contribution in [0, 0.1) is 12.8 Å². The van der Waals surface area contributed by atoms with Crippen LogP contribution < -0.4 is 10.1 Å². The number of nitrogens with one attached hydrogen (secondary N) is 1. The molecule has 1 unspecified atom stereocenters. The average molecular weight is 237 g/mol. The molecule has 0 saturated carbocycles. The van der Waals surface area contributed by atoms with Crippen molar-refractivity contribution >= 4 is 0 Å². The lowest BCUT2D eigenvalue weighted by molar-refractivity contribution is 0.316. The molecule has 4 heteroatoms. The van der Waals surface area contributed by atoms with Crippen LogP contribution in [0.4, 0.5) is 0 Å². The van der Waals surface area contributed by atoms with Crippen molar-refractivity contribution < 1.29 is 4.74 Å². The maximum absolute atomic E-state index is 5.49. The maximum Gasteiger partial charge on any atom is 0.215 e. The van der Waals surface area contributed by atoms with Crippen LogP contribution in [-0.2, 0) is 7.05 Å². The van der Waals surface area contributed by atoms with Gasteiger partial charge in [-0.25, -0.2) is 4.68 Å². The van der Waals surface area contributed by atoms with E-state index in [4.69, 9.17) is 4.74 Å². The number of methoxy groups -OCH3 is 1. The third kappa shape index (κ3) is 2.32. The maximum atomic E-state index is 5.49. The molecule has 1 saturated heterocycles. The van der Waals surface area contributed by atoms with Crippen LogP contribution in [0.15, 0.2) is 0 Å². The number of aryl methyl sites for hydroxylation is 2. The Bertz CT molecular complexity index is 380. The van der Waals surface area contributed by atoms with Gasteiger partial charge in [0.05, 0.1) is 12.8 Å². The first-order valence-corrected chi connectivity index (χ1v) is 6.43. The topological polar surface area (TPSA) is 39.1 Å².